The van der Waals surface area contributed by atoms with E-state index in [1.54, 1.807) is 19.4 Å². The third kappa shape index (κ3) is 5.41. The van der Waals surface area contributed by atoms with Gasteiger partial charge >= 0.3 is 6.18 Å². The third-order valence-electron chi connectivity index (χ3n) is 8.75. The molecule has 9 heteroatoms. The quantitative estimate of drug-likeness (QED) is 0.186. The Morgan fingerprint density at radius 1 is 0.826 bits per heavy atom. The highest BCUT2D eigenvalue weighted by atomic mass is 19.4. The molecule has 0 saturated heterocycles. The molecule has 4 aromatic carbocycles. The number of aromatic nitrogens is 4. The van der Waals surface area contributed by atoms with Gasteiger partial charge in [-0.05, 0) is 120 Å². The Hall–Kier alpha value is -5.02. The molecule has 2 aromatic heterocycles. The first kappa shape index (κ1) is 29.7. The molecule has 2 heterocycles. The predicted octanol–water partition coefficient (Wildman–Crippen LogP) is 8.28. The average molecular weight is 619 g/mol. The molecule has 0 aliphatic heterocycles. The smallest absolute Gasteiger partial charge is 0.371 e. The molecule has 46 heavy (non-hydrogen) atoms. The number of imidazole rings is 1. The SMILES string of the molecule is CNc1ncnc2c1ncn2-c1ccc(-c2cc(-c3ccc(CCCN(C)C)c(C(F)(F)F)c3)c3c(c2)-c2ccccc2C3)cc1. The maximum absolute atomic E-state index is 14.4. The first-order valence-corrected chi connectivity index (χ1v) is 15.3. The Bertz CT molecular complexity index is 2060. The van der Waals surface area contributed by atoms with Gasteiger partial charge in [-0.3, -0.25) is 4.57 Å². The molecular formula is C37H33F3N6. The number of hydrogen-bond acceptors (Lipinski definition) is 5. The second kappa shape index (κ2) is 11.7. The lowest BCUT2D eigenvalue weighted by molar-refractivity contribution is -0.138. The van der Waals surface area contributed by atoms with E-state index in [1.807, 2.05) is 72.1 Å². The number of anilines is 1. The van der Waals surface area contributed by atoms with Gasteiger partial charge in [0.25, 0.3) is 0 Å². The molecule has 7 rings (SSSR count). The summed E-state index contributed by atoms with van der Waals surface area (Å²) in [5.41, 5.74) is 9.77. The minimum atomic E-state index is -4.45. The normalized spacial score (nSPS) is 12.5. The zero-order valence-electron chi connectivity index (χ0n) is 25.9. The van der Waals surface area contributed by atoms with Crippen LogP contribution in [0.1, 0.15) is 28.7 Å². The van der Waals surface area contributed by atoms with Gasteiger partial charge in [-0.1, -0.05) is 48.5 Å². The standard InChI is InChI=1S/C37H33F3N6/c1-41-35-34-36(43-21-42-35)46(22-44-34)28-14-12-23(13-15-28)27-18-30(32-17-25-7-4-5-9-29(25)31(32)19-27)26-11-10-24(8-6-16-45(2)3)33(20-26)37(38,39)40/h4-5,7,9-15,18-22H,6,8,16-17H2,1-3H3,(H,41,42,43). The van der Waals surface area contributed by atoms with Crippen molar-refractivity contribution in [3.63, 3.8) is 0 Å². The molecule has 0 atom stereocenters. The largest absolute Gasteiger partial charge is 0.416 e. The fraction of sp³-hybridized carbons (Fsp3) is 0.216. The number of benzene rings is 4. The molecule has 1 aliphatic rings. The molecule has 1 N–H and O–H groups in total. The summed E-state index contributed by atoms with van der Waals surface area (Å²) in [5.74, 6) is 0.654. The molecule has 0 spiro atoms. The first-order valence-electron chi connectivity index (χ1n) is 15.3. The minimum Gasteiger partial charge on any atom is -0.371 e. The van der Waals surface area contributed by atoms with Gasteiger partial charge in [-0.25, -0.2) is 15.0 Å². The molecule has 6 aromatic rings. The first-order chi connectivity index (χ1) is 22.2. The molecule has 0 saturated carbocycles. The number of nitrogens with zero attached hydrogens (tertiary/aromatic N) is 5. The van der Waals surface area contributed by atoms with Crippen molar-refractivity contribution < 1.29 is 13.2 Å². The van der Waals surface area contributed by atoms with Crippen molar-refractivity contribution in [2.24, 2.45) is 0 Å². The monoisotopic (exact) mass is 618 g/mol. The molecule has 0 amide bonds. The number of fused-ring (bicyclic) bond motifs is 4. The fourth-order valence-electron chi connectivity index (χ4n) is 6.49. The number of rotatable bonds is 8. The molecule has 232 valence electrons. The summed E-state index contributed by atoms with van der Waals surface area (Å²) in [4.78, 5) is 15.2. The summed E-state index contributed by atoms with van der Waals surface area (Å²) >= 11 is 0. The third-order valence-corrected chi connectivity index (χ3v) is 8.75. The summed E-state index contributed by atoms with van der Waals surface area (Å²) in [7, 11) is 5.66. The van der Waals surface area contributed by atoms with Gasteiger partial charge in [0.05, 0.1) is 5.56 Å². The highest BCUT2D eigenvalue weighted by Gasteiger charge is 2.34. The summed E-state index contributed by atoms with van der Waals surface area (Å²) in [6.07, 6.45) is 0.491. The topological polar surface area (TPSA) is 58.9 Å². The number of hydrogen-bond donors (Lipinski definition) is 1. The molecule has 0 fully saturated rings. The van der Waals surface area contributed by atoms with Crippen molar-refractivity contribution in [2.75, 3.05) is 33.0 Å². The van der Waals surface area contributed by atoms with Crippen LogP contribution in [-0.4, -0.2) is 52.1 Å². The van der Waals surface area contributed by atoms with Gasteiger partial charge in [0.1, 0.15) is 12.7 Å². The summed E-state index contributed by atoms with van der Waals surface area (Å²) < 4.78 is 45.2. The number of nitrogens with one attached hydrogen (secondary N) is 1. The maximum atomic E-state index is 14.4. The Morgan fingerprint density at radius 3 is 2.35 bits per heavy atom. The Balaban J connectivity index is 1.32. The average Bonchev–Trinajstić information content (AvgIpc) is 3.66. The lowest BCUT2D eigenvalue weighted by Crippen LogP contribution is -2.15. The van der Waals surface area contributed by atoms with Crippen molar-refractivity contribution in [2.45, 2.75) is 25.4 Å². The van der Waals surface area contributed by atoms with Crippen molar-refractivity contribution >= 4 is 17.0 Å². The fourth-order valence-corrected chi connectivity index (χ4v) is 6.49. The van der Waals surface area contributed by atoms with Crippen LogP contribution >= 0.6 is 0 Å². The second-order valence-electron chi connectivity index (χ2n) is 12.0. The van der Waals surface area contributed by atoms with E-state index in [1.165, 1.54) is 18.0 Å². The highest BCUT2D eigenvalue weighted by molar-refractivity contribution is 5.90. The van der Waals surface area contributed by atoms with Crippen molar-refractivity contribution in [1.82, 2.24) is 24.4 Å². The lowest BCUT2D eigenvalue weighted by atomic mass is 9.89. The van der Waals surface area contributed by atoms with Crippen molar-refractivity contribution in [3.05, 3.63) is 114 Å². The number of alkyl halides is 3. The van der Waals surface area contributed by atoms with Gasteiger partial charge in [-0.2, -0.15) is 13.2 Å². The van der Waals surface area contributed by atoms with Gasteiger partial charge in [0.2, 0.25) is 0 Å². The van der Waals surface area contributed by atoms with E-state index in [4.69, 9.17) is 0 Å². The van der Waals surface area contributed by atoms with E-state index in [2.05, 4.69) is 38.5 Å². The molecule has 0 radical (unpaired) electrons. The van der Waals surface area contributed by atoms with Gasteiger partial charge in [0, 0.05) is 12.7 Å². The van der Waals surface area contributed by atoms with E-state index in [0.717, 1.165) is 45.6 Å². The molecule has 1 aliphatic carbocycles. The van der Waals surface area contributed by atoms with Gasteiger partial charge in [-0.15, -0.1) is 0 Å². The predicted molar refractivity (Wildman–Crippen MR) is 177 cm³/mol. The summed E-state index contributed by atoms with van der Waals surface area (Å²) in [5, 5.41) is 3.05. The second-order valence-corrected chi connectivity index (χ2v) is 12.0. The minimum absolute atomic E-state index is 0.337. The number of halogens is 3. The van der Waals surface area contributed by atoms with Crippen molar-refractivity contribution in [1.29, 1.82) is 0 Å². The lowest BCUT2D eigenvalue weighted by Gasteiger charge is -2.18. The molecule has 0 unspecified atom stereocenters. The van der Waals surface area contributed by atoms with Crippen LogP contribution in [-0.2, 0) is 19.0 Å². The number of aryl methyl sites for hydroxylation is 1. The van der Waals surface area contributed by atoms with Crippen LogP contribution in [0.4, 0.5) is 19.0 Å². The van der Waals surface area contributed by atoms with Gasteiger partial charge in [0.15, 0.2) is 17.0 Å². The van der Waals surface area contributed by atoms with E-state index in [0.29, 0.717) is 47.4 Å². The molecule has 6 nitrogen and oxygen atoms in total. The van der Waals surface area contributed by atoms with Crippen LogP contribution < -0.4 is 5.32 Å². The maximum Gasteiger partial charge on any atom is 0.416 e. The highest BCUT2D eigenvalue weighted by Crippen LogP contribution is 2.45. The van der Waals surface area contributed by atoms with Gasteiger partial charge < -0.3 is 10.2 Å². The van der Waals surface area contributed by atoms with Crippen LogP contribution in [0.5, 0.6) is 0 Å². The zero-order valence-corrected chi connectivity index (χ0v) is 25.9. The van der Waals surface area contributed by atoms with E-state index < -0.39 is 11.7 Å². The Kier molecular flexibility index (Phi) is 7.56. The molecule has 0 bridgehead atoms. The van der Waals surface area contributed by atoms with Crippen molar-refractivity contribution in [3.8, 4) is 39.1 Å². The van der Waals surface area contributed by atoms with E-state index >= 15 is 0 Å². The van der Waals surface area contributed by atoms with Crippen LogP contribution in [0.3, 0.4) is 0 Å². The summed E-state index contributed by atoms with van der Waals surface area (Å²) in [6, 6.07) is 25.4. The van der Waals surface area contributed by atoms with E-state index in [9.17, 15) is 13.2 Å². The van der Waals surface area contributed by atoms with Crippen LogP contribution in [0, 0.1) is 0 Å². The molecular weight excluding hydrogens is 585 g/mol. The Labute approximate surface area is 265 Å². The van der Waals surface area contributed by atoms with E-state index in [-0.39, 0.29) is 0 Å². The Morgan fingerprint density at radius 2 is 1.59 bits per heavy atom. The van der Waals surface area contributed by atoms with Crippen LogP contribution in [0.25, 0.3) is 50.2 Å². The van der Waals surface area contributed by atoms with Crippen LogP contribution in [0.2, 0.25) is 0 Å². The summed E-state index contributed by atoms with van der Waals surface area (Å²) in [6.45, 7) is 0.730. The van der Waals surface area contributed by atoms with Crippen LogP contribution in [0.15, 0.2) is 91.5 Å². The zero-order chi connectivity index (χ0) is 32.0.